The lowest BCUT2D eigenvalue weighted by Crippen LogP contribution is -2.43. The summed E-state index contributed by atoms with van der Waals surface area (Å²) in [4.78, 5) is 25.2. The van der Waals surface area contributed by atoms with Crippen LogP contribution < -0.4 is 0 Å². The van der Waals surface area contributed by atoms with Gasteiger partial charge in [-0.2, -0.15) is 0 Å². The highest BCUT2D eigenvalue weighted by molar-refractivity contribution is 7.99. The Morgan fingerprint density at radius 1 is 0.667 bits per heavy atom. The summed E-state index contributed by atoms with van der Waals surface area (Å²) in [6.07, 6.45) is 2.39. The molecular weight excluding hydrogens is 757 g/mol. The van der Waals surface area contributed by atoms with Crippen LogP contribution in [0.15, 0.2) is 70.5 Å². The smallest absolute Gasteiger partial charge is 0.306 e. The highest BCUT2D eigenvalue weighted by Crippen LogP contribution is 2.47. The Morgan fingerprint density at radius 2 is 1.07 bits per heavy atom. The van der Waals surface area contributed by atoms with Crippen LogP contribution in [0.2, 0.25) is 36.3 Å². The topological polar surface area (TPSA) is 125 Å². The standard InChI is InChI=1S/C20H30O5SSi.C20H30O3SSi.CH4O/c1-4-27(5-2,6-3)25-19-13-18-16(12-20(21)24-18)17(19)14-26(22,23)15-10-8-7-9-11-15;1-4-25(5-2,6-3)23-19-13-18-16(12-20(21)22-18)17(19)14-24-15-10-8-7-9-11-15;1-2/h7-11,16-19H,4-6,12-14H2,1-3H3;7-11,16-19H,4-6,12-14H2,1-3H3;2H,1H3/t2*16-,17-,18+,19-;/m11./s1. The van der Waals surface area contributed by atoms with Gasteiger partial charge in [-0.25, -0.2) is 8.42 Å². The van der Waals surface area contributed by atoms with Gasteiger partial charge in [-0.05, 0) is 60.5 Å². The molecule has 2 aliphatic carbocycles. The number of thioether (sulfide) groups is 1. The van der Waals surface area contributed by atoms with Gasteiger partial charge in [0, 0.05) is 54.3 Å². The third kappa shape index (κ3) is 10.7. The quantitative estimate of drug-likeness (QED) is 0.100. The molecule has 6 rings (SSSR count). The molecule has 1 N–H and O–H groups in total. The Morgan fingerprint density at radius 3 is 1.52 bits per heavy atom. The molecule has 9 nitrogen and oxygen atoms in total. The summed E-state index contributed by atoms with van der Waals surface area (Å²) in [6, 6.07) is 25.7. The predicted octanol–water partition coefficient (Wildman–Crippen LogP) is 8.53. The van der Waals surface area contributed by atoms with Crippen LogP contribution in [0.5, 0.6) is 0 Å². The first-order chi connectivity index (χ1) is 25.9. The fraction of sp³-hybridized carbons (Fsp3) is 0.659. The first-order valence-electron chi connectivity index (χ1n) is 20.1. The first kappa shape index (κ1) is 44.7. The van der Waals surface area contributed by atoms with Crippen molar-refractivity contribution in [2.75, 3.05) is 18.6 Å². The molecule has 2 aromatic carbocycles. The van der Waals surface area contributed by atoms with Gasteiger partial charge in [0.1, 0.15) is 12.2 Å². The second-order valence-electron chi connectivity index (χ2n) is 15.1. The Balaban J connectivity index is 0.000000231. The summed E-state index contributed by atoms with van der Waals surface area (Å²) in [5.74, 6) is 1.30. The van der Waals surface area contributed by atoms with E-state index in [2.05, 4.69) is 71.9 Å². The number of carbonyl (C=O) groups excluding carboxylic acids is 2. The molecule has 13 heteroatoms. The minimum absolute atomic E-state index is 0.0150. The van der Waals surface area contributed by atoms with Crippen LogP contribution in [-0.2, 0) is 37.8 Å². The Kier molecular flexibility index (Phi) is 16.9. The number of ether oxygens (including phenoxy) is 2. The second kappa shape index (κ2) is 20.4. The van der Waals surface area contributed by atoms with E-state index in [1.165, 1.54) is 23.0 Å². The normalized spacial score (nSPS) is 27.6. The largest absolute Gasteiger partial charge is 0.462 e. The van der Waals surface area contributed by atoms with Gasteiger partial charge >= 0.3 is 11.9 Å². The van der Waals surface area contributed by atoms with Crippen molar-refractivity contribution in [2.45, 2.75) is 138 Å². The molecule has 2 heterocycles. The van der Waals surface area contributed by atoms with Crippen LogP contribution in [0.4, 0.5) is 0 Å². The highest BCUT2D eigenvalue weighted by atomic mass is 32.2. The average Bonchev–Trinajstić information content (AvgIpc) is 3.92. The Hall–Kier alpha value is -2.01. The number of hydrogen-bond donors (Lipinski definition) is 1. The van der Waals surface area contributed by atoms with Gasteiger partial charge in [0.05, 0.1) is 35.7 Å². The molecule has 0 bridgehead atoms. The fourth-order valence-corrected chi connectivity index (χ4v) is 17.7. The molecular formula is C41H64O9S2Si2. The lowest BCUT2D eigenvalue weighted by molar-refractivity contribution is -0.142. The van der Waals surface area contributed by atoms with Gasteiger partial charge in [0.15, 0.2) is 26.5 Å². The summed E-state index contributed by atoms with van der Waals surface area (Å²) >= 11 is 1.89. The van der Waals surface area contributed by atoms with Crippen molar-refractivity contribution in [2.24, 2.45) is 23.7 Å². The van der Waals surface area contributed by atoms with Crippen molar-refractivity contribution < 1.29 is 41.4 Å². The van der Waals surface area contributed by atoms with E-state index >= 15 is 0 Å². The van der Waals surface area contributed by atoms with E-state index < -0.39 is 26.5 Å². The summed E-state index contributed by atoms with van der Waals surface area (Å²) in [7, 11) is -5.97. The summed E-state index contributed by atoms with van der Waals surface area (Å²) < 4.78 is 50.6. The maximum absolute atomic E-state index is 13.0. The second-order valence-corrected chi connectivity index (χ2v) is 27.7. The molecule has 0 unspecified atom stereocenters. The number of sulfone groups is 1. The van der Waals surface area contributed by atoms with Crippen molar-refractivity contribution in [1.82, 2.24) is 0 Å². The van der Waals surface area contributed by atoms with Crippen LogP contribution in [0.1, 0.15) is 67.2 Å². The molecule has 0 amide bonds. The van der Waals surface area contributed by atoms with Gasteiger partial charge in [-0.3, -0.25) is 9.59 Å². The van der Waals surface area contributed by atoms with Crippen molar-refractivity contribution >= 4 is 50.2 Å². The molecule has 2 saturated heterocycles. The molecule has 54 heavy (non-hydrogen) atoms. The fourth-order valence-electron chi connectivity index (χ4n) is 8.98. The third-order valence-corrected chi connectivity index (χ3v) is 25.0. The molecule has 2 aromatic rings. The highest BCUT2D eigenvalue weighted by Gasteiger charge is 2.54. The zero-order valence-electron chi connectivity index (χ0n) is 33.4. The maximum atomic E-state index is 13.0. The van der Waals surface area contributed by atoms with Crippen LogP contribution in [0, 0.1) is 23.7 Å². The van der Waals surface area contributed by atoms with E-state index in [1.54, 1.807) is 24.3 Å². The molecule has 0 spiro atoms. The van der Waals surface area contributed by atoms with E-state index in [1.807, 2.05) is 17.8 Å². The van der Waals surface area contributed by atoms with Gasteiger partial charge in [-0.15, -0.1) is 11.8 Å². The minimum Gasteiger partial charge on any atom is -0.462 e. The first-order valence-corrected chi connectivity index (χ1v) is 27.8. The Bertz CT molecular complexity index is 1550. The number of aliphatic hydroxyl groups is 1. The molecule has 2 saturated carbocycles. The van der Waals surface area contributed by atoms with Gasteiger partial charge < -0.3 is 23.4 Å². The van der Waals surface area contributed by atoms with Crippen molar-refractivity contribution in [3.63, 3.8) is 0 Å². The van der Waals surface area contributed by atoms with E-state index in [9.17, 15) is 18.0 Å². The predicted molar refractivity (Wildman–Crippen MR) is 220 cm³/mol. The summed E-state index contributed by atoms with van der Waals surface area (Å²) in [5, 5.41) is 7.00. The number of carbonyl (C=O) groups is 2. The van der Waals surface area contributed by atoms with Gasteiger partial charge in [0.2, 0.25) is 0 Å². The van der Waals surface area contributed by atoms with Crippen LogP contribution in [0.25, 0.3) is 0 Å². The molecule has 4 aliphatic rings. The number of esters is 2. The molecule has 302 valence electrons. The molecule has 2 aliphatic heterocycles. The van der Waals surface area contributed by atoms with E-state index in [-0.39, 0.29) is 53.9 Å². The van der Waals surface area contributed by atoms with Crippen LogP contribution >= 0.6 is 11.8 Å². The summed E-state index contributed by atoms with van der Waals surface area (Å²) in [5.41, 5.74) is 0. The van der Waals surface area contributed by atoms with Crippen LogP contribution in [-0.4, -0.2) is 85.1 Å². The van der Waals surface area contributed by atoms with Crippen molar-refractivity contribution in [3.05, 3.63) is 60.7 Å². The van der Waals surface area contributed by atoms with Gasteiger partial charge in [-0.1, -0.05) is 77.9 Å². The number of aliphatic hydroxyl groups excluding tert-OH is 1. The third-order valence-electron chi connectivity index (χ3n) is 12.7. The molecule has 0 aromatic heterocycles. The number of benzene rings is 2. The van der Waals surface area contributed by atoms with E-state index in [0.29, 0.717) is 36.0 Å². The van der Waals surface area contributed by atoms with E-state index in [4.69, 9.17) is 23.4 Å². The number of hydrogen-bond acceptors (Lipinski definition) is 10. The minimum atomic E-state index is -3.44. The molecule has 8 atom stereocenters. The van der Waals surface area contributed by atoms with Crippen molar-refractivity contribution in [3.8, 4) is 0 Å². The lowest BCUT2D eigenvalue weighted by Gasteiger charge is -2.35. The van der Waals surface area contributed by atoms with Gasteiger partial charge in [0.25, 0.3) is 0 Å². The number of fused-ring (bicyclic) bond motifs is 2. The van der Waals surface area contributed by atoms with E-state index in [0.717, 1.165) is 37.4 Å². The maximum Gasteiger partial charge on any atom is 0.306 e. The Labute approximate surface area is 330 Å². The van der Waals surface area contributed by atoms with Crippen LogP contribution in [0.3, 0.4) is 0 Å². The zero-order valence-corrected chi connectivity index (χ0v) is 37.0. The zero-order chi connectivity index (χ0) is 39.5. The lowest BCUT2D eigenvalue weighted by atomic mass is 9.94. The van der Waals surface area contributed by atoms with Crippen molar-refractivity contribution in [1.29, 1.82) is 0 Å². The SMILES string of the molecule is CC[Si](CC)(CC)O[C@@H]1C[C@@H]2OC(=O)C[C@@H]2[C@H]1CS(=O)(=O)c1ccccc1.CC[Si](CC)(CC)O[C@@H]1C[C@@H]2OC(=O)C[C@@H]2[C@H]1CSc1ccccc1.CO. The summed E-state index contributed by atoms with van der Waals surface area (Å²) in [6.45, 7) is 13.4. The molecule has 0 radical (unpaired) electrons. The average molecular weight is 821 g/mol. The molecule has 4 fully saturated rings. The monoisotopic (exact) mass is 820 g/mol. The number of rotatable bonds is 16.